The van der Waals surface area contributed by atoms with E-state index in [-0.39, 0.29) is 35.8 Å². The maximum Gasteiger partial charge on any atom is 0.191 e. The average molecular weight is 449 g/mol. The van der Waals surface area contributed by atoms with E-state index in [9.17, 15) is 5.11 Å². The molecule has 1 aliphatic heterocycles. The monoisotopic (exact) mass is 449 g/mol. The second-order valence-corrected chi connectivity index (χ2v) is 5.45. The predicted molar refractivity (Wildman–Crippen MR) is 106 cm³/mol. The van der Waals surface area contributed by atoms with Crippen LogP contribution in [0.2, 0.25) is 0 Å². The minimum Gasteiger partial charge on any atom is -0.504 e. The molecule has 1 aromatic rings. The Morgan fingerprint density at radius 2 is 2.21 bits per heavy atom. The topological polar surface area (TPSA) is 75.1 Å². The van der Waals surface area contributed by atoms with Crippen LogP contribution in [0.15, 0.2) is 23.2 Å². The third-order valence-electron chi connectivity index (χ3n) is 3.61. The maximum atomic E-state index is 9.73. The molecule has 0 aliphatic carbocycles. The van der Waals surface area contributed by atoms with Crippen molar-refractivity contribution in [2.75, 3.05) is 26.3 Å². The van der Waals surface area contributed by atoms with E-state index in [0.717, 1.165) is 44.1 Å². The first-order valence-electron chi connectivity index (χ1n) is 8.31. The zero-order chi connectivity index (χ0) is 16.5. The summed E-state index contributed by atoms with van der Waals surface area (Å²) in [5.41, 5.74) is 0.987. The lowest BCUT2D eigenvalue weighted by atomic mass is 10.2. The summed E-state index contributed by atoms with van der Waals surface area (Å²) in [5, 5.41) is 16.3. The zero-order valence-corrected chi connectivity index (χ0v) is 16.7. The summed E-state index contributed by atoms with van der Waals surface area (Å²) < 4.78 is 11.0. The third kappa shape index (κ3) is 6.72. The van der Waals surface area contributed by atoms with E-state index in [4.69, 9.17) is 9.47 Å². The molecular formula is C17H28IN3O3. The van der Waals surface area contributed by atoms with Crippen molar-refractivity contribution in [3.8, 4) is 11.5 Å². The lowest BCUT2D eigenvalue weighted by Crippen LogP contribution is -2.41. The molecule has 1 aromatic carbocycles. The van der Waals surface area contributed by atoms with E-state index in [1.165, 1.54) is 0 Å². The molecular weight excluding hydrogens is 421 g/mol. The molecule has 1 aliphatic rings. The van der Waals surface area contributed by atoms with E-state index in [0.29, 0.717) is 18.9 Å². The number of guanidine groups is 1. The van der Waals surface area contributed by atoms with Gasteiger partial charge in [0.15, 0.2) is 17.5 Å². The molecule has 6 nitrogen and oxygen atoms in total. The van der Waals surface area contributed by atoms with Crippen LogP contribution in [0.25, 0.3) is 0 Å². The molecule has 0 saturated carbocycles. The Labute approximate surface area is 161 Å². The lowest BCUT2D eigenvalue weighted by molar-refractivity contribution is 0.114. The Morgan fingerprint density at radius 3 is 2.88 bits per heavy atom. The third-order valence-corrected chi connectivity index (χ3v) is 3.61. The highest BCUT2D eigenvalue weighted by Crippen LogP contribution is 2.27. The lowest BCUT2D eigenvalue weighted by Gasteiger charge is -2.15. The van der Waals surface area contributed by atoms with Crippen LogP contribution in [0.4, 0.5) is 0 Å². The number of nitrogens with zero attached hydrogens (tertiary/aromatic N) is 1. The summed E-state index contributed by atoms with van der Waals surface area (Å²) in [4.78, 5) is 4.58. The van der Waals surface area contributed by atoms with Crippen LogP contribution in [0.5, 0.6) is 11.5 Å². The van der Waals surface area contributed by atoms with Crippen molar-refractivity contribution in [1.29, 1.82) is 0 Å². The normalized spacial score (nSPS) is 17.2. The van der Waals surface area contributed by atoms with Crippen molar-refractivity contribution in [2.24, 2.45) is 4.99 Å². The van der Waals surface area contributed by atoms with Crippen LogP contribution < -0.4 is 15.4 Å². The fourth-order valence-electron chi connectivity index (χ4n) is 2.46. The number of hydrogen-bond donors (Lipinski definition) is 3. The Hall–Kier alpha value is -1.22. The van der Waals surface area contributed by atoms with Gasteiger partial charge < -0.3 is 25.2 Å². The van der Waals surface area contributed by atoms with E-state index in [1.54, 1.807) is 6.07 Å². The summed E-state index contributed by atoms with van der Waals surface area (Å²) in [6, 6.07) is 5.32. The fraction of sp³-hybridized carbons (Fsp3) is 0.588. The van der Waals surface area contributed by atoms with Gasteiger partial charge in [-0.2, -0.15) is 0 Å². The number of ether oxygens (including phenoxy) is 2. The molecule has 1 saturated heterocycles. The number of halogens is 1. The maximum absolute atomic E-state index is 9.73. The van der Waals surface area contributed by atoms with Crippen LogP contribution in [-0.4, -0.2) is 43.5 Å². The minimum atomic E-state index is 0. The van der Waals surface area contributed by atoms with Crippen LogP contribution in [0.1, 0.15) is 32.3 Å². The summed E-state index contributed by atoms with van der Waals surface area (Å²) in [5.74, 6) is 1.43. The van der Waals surface area contributed by atoms with Gasteiger partial charge in [-0.1, -0.05) is 6.07 Å². The highest BCUT2D eigenvalue weighted by Gasteiger charge is 2.15. The van der Waals surface area contributed by atoms with E-state index in [1.807, 2.05) is 26.0 Å². The first kappa shape index (κ1) is 20.8. The average Bonchev–Trinajstić information content (AvgIpc) is 3.06. The van der Waals surface area contributed by atoms with Crippen molar-refractivity contribution < 1.29 is 14.6 Å². The van der Waals surface area contributed by atoms with Crippen LogP contribution in [-0.2, 0) is 11.3 Å². The van der Waals surface area contributed by atoms with E-state index < -0.39 is 0 Å². The Balaban J connectivity index is 0.00000288. The number of phenols is 1. The number of rotatable bonds is 7. The largest absolute Gasteiger partial charge is 0.504 e. The summed E-state index contributed by atoms with van der Waals surface area (Å²) >= 11 is 0. The van der Waals surface area contributed by atoms with Gasteiger partial charge in [0.05, 0.1) is 19.3 Å². The highest BCUT2D eigenvalue weighted by atomic mass is 127. The molecule has 136 valence electrons. The number of benzene rings is 1. The van der Waals surface area contributed by atoms with E-state index in [2.05, 4.69) is 15.6 Å². The SMILES string of the molecule is CCNC(=NCc1ccc(O)c(OCC)c1)NCC1CCCO1.I. The minimum absolute atomic E-state index is 0. The molecule has 1 fully saturated rings. The molecule has 7 heteroatoms. The molecule has 0 bridgehead atoms. The standard InChI is InChI=1S/C17H27N3O3.HI/c1-3-18-17(20-12-14-6-5-9-23-14)19-11-13-7-8-15(21)16(10-13)22-4-2;/h7-8,10,14,21H,3-6,9,11-12H2,1-2H3,(H2,18,19,20);1H. The van der Waals surface area contributed by atoms with Crippen LogP contribution in [0.3, 0.4) is 0 Å². The Morgan fingerprint density at radius 1 is 1.38 bits per heavy atom. The smallest absolute Gasteiger partial charge is 0.191 e. The van der Waals surface area contributed by atoms with E-state index >= 15 is 0 Å². The van der Waals surface area contributed by atoms with Gasteiger partial charge >= 0.3 is 0 Å². The molecule has 24 heavy (non-hydrogen) atoms. The number of hydrogen-bond acceptors (Lipinski definition) is 4. The van der Waals surface area contributed by atoms with Crippen molar-refractivity contribution in [3.05, 3.63) is 23.8 Å². The van der Waals surface area contributed by atoms with Gasteiger partial charge in [0, 0.05) is 19.7 Å². The molecule has 3 N–H and O–H groups in total. The zero-order valence-electron chi connectivity index (χ0n) is 14.4. The second-order valence-electron chi connectivity index (χ2n) is 5.45. The Kier molecular flexibility index (Phi) is 9.85. The van der Waals surface area contributed by atoms with Gasteiger partial charge in [0.1, 0.15) is 0 Å². The quantitative estimate of drug-likeness (QED) is 0.339. The first-order chi connectivity index (χ1) is 11.2. The molecule has 1 atom stereocenters. The van der Waals surface area contributed by atoms with Crippen LogP contribution >= 0.6 is 24.0 Å². The van der Waals surface area contributed by atoms with Crippen molar-refractivity contribution in [1.82, 2.24) is 10.6 Å². The molecule has 0 spiro atoms. The number of aromatic hydroxyl groups is 1. The van der Waals surface area contributed by atoms with Gasteiger partial charge in [-0.05, 0) is 44.4 Å². The fourth-order valence-corrected chi connectivity index (χ4v) is 2.46. The molecule has 0 radical (unpaired) electrons. The second kappa shape index (κ2) is 11.4. The predicted octanol–water partition coefficient (Wildman–Crippen LogP) is 2.64. The first-order valence-corrected chi connectivity index (χ1v) is 8.31. The van der Waals surface area contributed by atoms with Crippen molar-refractivity contribution in [3.63, 3.8) is 0 Å². The molecule has 0 amide bonds. The van der Waals surface area contributed by atoms with Crippen molar-refractivity contribution in [2.45, 2.75) is 39.3 Å². The van der Waals surface area contributed by atoms with Crippen molar-refractivity contribution >= 4 is 29.9 Å². The molecule has 1 heterocycles. The Bertz CT molecular complexity index is 520. The summed E-state index contributed by atoms with van der Waals surface area (Å²) in [6.07, 6.45) is 2.51. The molecule has 1 unspecified atom stereocenters. The van der Waals surface area contributed by atoms with Gasteiger partial charge in [0.2, 0.25) is 0 Å². The van der Waals surface area contributed by atoms with Gasteiger partial charge in [-0.15, -0.1) is 24.0 Å². The molecule has 2 rings (SSSR count). The summed E-state index contributed by atoms with van der Waals surface area (Å²) in [7, 11) is 0. The molecule has 0 aromatic heterocycles. The number of aliphatic imine (C=N–C) groups is 1. The van der Waals surface area contributed by atoms with Gasteiger partial charge in [-0.25, -0.2) is 4.99 Å². The highest BCUT2D eigenvalue weighted by molar-refractivity contribution is 14.0. The van der Waals surface area contributed by atoms with Gasteiger partial charge in [-0.3, -0.25) is 0 Å². The van der Waals surface area contributed by atoms with Crippen LogP contribution in [0, 0.1) is 0 Å². The number of nitrogens with one attached hydrogen (secondary N) is 2. The number of phenolic OH excluding ortho intramolecular Hbond substituents is 1. The summed E-state index contributed by atoms with van der Waals surface area (Å²) in [6.45, 7) is 7.39. The van der Waals surface area contributed by atoms with Gasteiger partial charge in [0.25, 0.3) is 0 Å².